The van der Waals surface area contributed by atoms with Gasteiger partial charge in [-0.1, -0.05) is 18.2 Å². The van der Waals surface area contributed by atoms with E-state index in [1.54, 1.807) is 34.5 Å². The van der Waals surface area contributed by atoms with Crippen LogP contribution >= 0.6 is 11.3 Å². The van der Waals surface area contributed by atoms with Crippen LogP contribution in [-0.4, -0.2) is 35.2 Å². The number of carbonyl (C=O) groups excluding carboxylic acids is 3. The van der Waals surface area contributed by atoms with Gasteiger partial charge in [0, 0.05) is 23.5 Å². The first-order chi connectivity index (χ1) is 16.2. The van der Waals surface area contributed by atoms with Gasteiger partial charge in [0.05, 0.1) is 10.4 Å². The Balaban J connectivity index is 1.44. The van der Waals surface area contributed by atoms with Gasteiger partial charge in [0.1, 0.15) is 6.04 Å². The third kappa shape index (κ3) is 5.28. The van der Waals surface area contributed by atoms with Gasteiger partial charge in [0.15, 0.2) is 0 Å². The Hall–Kier alpha value is -3.66. The van der Waals surface area contributed by atoms with Crippen LogP contribution in [0.3, 0.4) is 0 Å². The Kier molecular flexibility index (Phi) is 6.69. The van der Waals surface area contributed by atoms with Crippen molar-refractivity contribution in [3.63, 3.8) is 0 Å². The van der Waals surface area contributed by atoms with Gasteiger partial charge in [-0.15, -0.1) is 11.3 Å². The maximum Gasteiger partial charge on any atom is 0.416 e. The fraction of sp³-hybridized carbons (Fsp3) is 0.208. The van der Waals surface area contributed by atoms with Crippen LogP contribution in [0.1, 0.15) is 38.4 Å². The van der Waals surface area contributed by atoms with E-state index in [1.165, 1.54) is 35.6 Å². The van der Waals surface area contributed by atoms with E-state index in [0.717, 1.165) is 12.1 Å². The van der Waals surface area contributed by atoms with Crippen molar-refractivity contribution in [3.05, 3.63) is 82.0 Å². The van der Waals surface area contributed by atoms with Crippen molar-refractivity contribution in [2.45, 2.75) is 25.1 Å². The predicted octanol–water partition coefficient (Wildman–Crippen LogP) is 5.26. The van der Waals surface area contributed by atoms with Crippen LogP contribution in [-0.2, 0) is 11.0 Å². The van der Waals surface area contributed by atoms with Gasteiger partial charge >= 0.3 is 6.18 Å². The number of anilines is 2. The van der Waals surface area contributed by atoms with Crippen LogP contribution in [0.2, 0.25) is 0 Å². The zero-order chi connectivity index (χ0) is 24.3. The molecule has 0 aliphatic carbocycles. The number of hydrogen-bond acceptors (Lipinski definition) is 4. The van der Waals surface area contributed by atoms with E-state index in [1.807, 2.05) is 0 Å². The molecule has 1 aliphatic heterocycles. The molecule has 0 spiro atoms. The summed E-state index contributed by atoms with van der Waals surface area (Å²) in [7, 11) is 0. The van der Waals surface area contributed by atoms with Crippen LogP contribution < -0.4 is 10.6 Å². The highest BCUT2D eigenvalue weighted by Gasteiger charge is 2.35. The summed E-state index contributed by atoms with van der Waals surface area (Å²) in [5.41, 5.74) is -0.363. The Labute approximate surface area is 197 Å². The lowest BCUT2D eigenvalue weighted by molar-refractivity contribution is -0.137. The molecule has 0 saturated carbocycles. The number of nitrogens with zero attached hydrogens (tertiary/aromatic N) is 1. The second kappa shape index (κ2) is 9.68. The van der Waals surface area contributed by atoms with E-state index in [9.17, 15) is 27.6 Å². The number of alkyl halides is 3. The molecular weight excluding hydrogens is 467 g/mol. The molecule has 2 aromatic carbocycles. The summed E-state index contributed by atoms with van der Waals surface area (Å²) in [6.45, 7) is 0.480. The largest absolute Gasteiger partial charge is 0.416 e. The minimum absolute atomic E-state index is 0.00273. The monoisotopic (exact) mass is 487 g/mol. The number of thiophene rings is 1. The molecule has 3 aromatic rings. The van der Waals surface area contributed by atoms with Gasteiger partial charge in [-0.05, 0) is 60.7 Å². The molecule has 6 nitrogen and oxygen atoms in total. The van der Waals surface area contributed by atoms with Crippen molar-refractivity contribution in [1.82, 2.24) is 4.90 Å². The minimum Gasteiger partial charge on any atom is -0.326 e. The van der Waals surface area contributed by atoms with Gasteiger partial charge in [-0.3, -0.25) is 14.4 Å². The predicted molar refractivity (Wildman–Crippen MR) is 123 cm³/mol. The first-order valence-electron chi connectivity index (χ1n) is 10.5. The number of hydrogen-bond donors (Lipinski definition) is 2. The molecule has 1 unspecified atom stereocenters. The van der Waals surface area contributed by atoms with Crippen molar-refractivity contribution >= 4 is 40.4 Å². The van der Waals surface area contributed by atoms with Crippen LogP contribution in [0.4, 0.5) is 24.5 Å². The standard InChI is InChI=1S/C24H20F3N3O3S/c25-24(26,27)16-6-2-8-18(14-16)28-21(31)15-5-1-7-17(13-15)29-22(32)19-9-3-11-30(19)23(33)20-10-4-12-34-20/h1-2,4-8,10,12-14,19H,3,9,11H2,(H,28,31)(H,29,32). The summed E-state index contributed by atoms with van der Waals surface area (Å²) in [5, 5.41) is 6.98. The molecule has 2 heterocycles. The maximum atomic E-state index is 12.9. The third-order valence-corrected chi connectivity index (χ3v) is 6.25. The van der Waals surface area contributed by atoms with Crippen molar-refractivity contribution < 1.29 is 27.6 Å². The summed E-state index contributed by atoms with van der Waals surface area (Å²) in [4.78, 5) is 40.3. The highest BCUT2D eigenvalue weighted by Crippen LogP contribution is 2.31. The number of halogens is 3. The van der Waals surface area contributed by atoms with Gasteiger partial charge in [-0.25, -0.2) is 0 Å². The molecule has 176 valence electrons. The molecule has 0 bridgehead atoms. The quantitative estimate of drug-likeness (QED) is 0.515. The van der Waals surface area contributed by atoms with E-state index < -0.39 is 23.7 Å². The first-order valence-corrected chi connectivity index (χ1v) is 11.3. The van der Waals surface area contributed by atoms with Gasteiger partial charge in [0.25, 0.3) is 11.8 Å². The Morgan fingerprint density at radius 2 is 1.68 bits per heavy atom. The highest BCUT2D eigenvalue weighted by atomic mass is 32.1. The van der Waals surface area contributed by atoms with Crippen molar-refractivity contribution in [3.8, 4) is 0 Å². The lowest BCUT2D eigenvalue weighted by Gasteiger charge is -2.23. The van der Waals surface area contributed by atoms with Crippen LogP contribution in [0.15, 0.2) is 66.0 Å². The average Bonchev–Trinajstić information content (AvgIpc) is 3.51. The molecular formula is C24H20F3N3O3S. The smallest absolute Gasteiger partial charge is 0.326 e. The summed E-state index contributed by atoms with van der Waals surface area (Å²) in [5.74, 6) is -1.18. The fourth-order valence-corrected chi connectivity index (χ4v) is 4.44. The zero-order valence-electron chi connectivity index (χ0n) is 17.8. The number of benzene rings is 2. The van der Waals surface area contributed by atoms with E-state index in [2.05, 4.69) is 10.6 Å². The second-order valence-electron chi connectivity index (χ2n) is 7.74. The van der Waals surface area contributed by atoms with Gasteiger partial charge in [0.2, 0.25) is 5.91 Å². The molecule has 10 heteroatoms. The van der Waals surface area contributed by atoms with E-state index in [-0.39, 0.29) is 23.1 Å². The van der Waals surface area contributed by atoms with Crippen LogP contribution in [0.25, 0.3) is 0 Å². The molecule has 34 heavy (non-hydrogen) atoms. The topological polar surface area (TPSA) is 78.5 Å². The van der Waals surface area contributed by atoms with E-state index in [4.69, 9.17) is 0 Å². The van der Waals surface area contributed by atoms with Crippen molar-refractivity contribution in [2.75, 3.05) is 17.2 Å². The molecule has 1 aliphatic rings. The molecule has 4 rings (SSSR count). The SMILES string of the molecule is O=C(Nc1cccc(C(F)(F)F)c1)c1cccc(NC(=O)C2CCCN2C(=O)c2cccs2)c1. The lowest BCUT2D eigenvalue weighted by atomic mass is 10.1. The van der Waals surface area contributed by atoms with E-state index in [0.29, 0.717) is 30.0 Å². The molecule has 3 amide bonds. The maximum absolute atomic E-state index is 12.9. The summed E-state index contributed by atoms with van der Waals surface area (Å²) < 4.78 is 38.7. The molecule has 1 saturated heterocycles. The fourth-order valence-electron chi connectivity index (χ4n) is 3.76. The molecule has 1 fully saturated rings. The summed E-state index contributed by atoms with van der Waals surface area (Å²) >= 11 is 1.31. The molecule has 1 aromatic heterocycles. The average molecular weight is 488 g/mol. The highest BCUT2D eigenvalue weighted by molar-refractivity contribution is 7.12. The molecule has 2 N–H and O–H groups in total. The third-order valence-electron chi connectivity index (χ3n) is 5.39. The Morgan fingerprint density at radius 1 is 0.941 bits per heavy atom. The summed E-state index contributed by atoms with van der Waals surface area (Å²) in [6, 6.07) is 13.3. The number of likely N-dealkylation sites (tertiary alicyclic amines) is 1. The number of carbonyl (C=O) groups is 3. The van der Waals surface area contributed by atoms with Gasteiger partial charge < -0.3 is 15.5 Å². The van der Waals surface area contributed by atoms with Crippen molar-refractivity contribution in [1.29, 1.82) is 0 Å². The Bertz CT molecular complexity index is 1210. The second-order valence-corrected chi connectivity index (χ2v) is 8.68. The molecule has 0 radical (unpaired) electrons. The Morgan fingerprint density at radius 3 is 2.38 bits per heavy atom. The van der Waals surface area contributed by atoms with Crippen molar-refractivity contribution in [2.24, 2.45) is 0 Å². The van der Waals surface area contributed by atoms with Gasteiger partial charge in [-0.2, -0.15) is 13.2 Å². The first kappa shape index (κ1) is 23.5. The van der Waals surface area contributed by atoms with Crippen LogP contribution in [0.5, 0.6) is 0 Å². The lowest BCUT2D eigenvalue weighted by Crippen LogP contribution is -2.43. The number of nitrogens with one attached hydrogen (secondary N) is 2. The zero-order valence-corrected chi connectivity index (χ0v) is 18.6. The van der Waals surface area contributed by atoms with E-state index >= 15 is 0 Å². The number of amides is 3. The van der Waals surface area contributed by atoms with Crippen LogP contribution in [0, 0.1) is 0 Å². The molecule has 1 atom stereocenters. The number of rotatable bonds is 5. The minimum atomic E-state index is -4.52. The summed E-state index contributed by atoms with van der Waals surface area (Å²) in [6.07, 6.45) is -3.29. The normalized spacial score (nSPS) is 15.7.